The topological polar surface area (TPSA) is 57.6 Å². The van der Waals surface area contributed by atoms with Gasteiger partial charge >= 0.3 is 5.97 Å². The van der Waals surface area contributed by atoms with E-state index in [1.165, 1.54) is 0 Å². The number of rotatable bonds is 3. The Morgan fingerprint density at radius 2 is 1.86 bits per heavy atom. The van der Waals surface area contributed by atoms with Crippen molar-refractivity contribution in [3.63, 3.8) is 0 Å². The number of aryl methyl sites for hydroxylation is 1. The lowest BCUT2D eigenvalue weighted by Crippen LogP contribution is -2.58. The summed E-state index contributed by atoms with van der Waals surface area (Å²) in [4.78, 5) is 27.7. The van der Waals surface area contributed by atoms with Crippen molar-refractivity contribution in [1.29, 1.82) is 0 Å². The SMILES string of the molecule is Cc1ccc2c(c1)[C@@H](C(=O)O)C1(CCCC1)N(Cc1ccc(Cl)c(Cl)c1)C2=O. The quantitative estimate of drug-likeness (QED) is 0.722. The molecule has 1 atom stereocenters. The number of carboxylic acid groups (broad SMARTS) is 1. The molecule has 1 amide bonds. The molecule has 0 bridgehead atoms. The fraction of sp³-hybridized carbons (Fsp3) is 0.364. The Kier molecular flexibility index (Phi) is 4.88. The second kappa shape index (κ2) is 7.09. The highest BCUT2D eigenvalue weighted by atomic mass is 35.5. The van der Waals surface area contributed by atoms with Gasteiger partial charge in [-0.1, -0.05) is 59.8 Å². The maximum absolute atomic E-state index is 13.5. The van der Waals surface area contributed by atoms with E-state index in [4.69, 9.17) is 23.2 Å². The highest BCUT2D eigenvalue weighted by Crippen LogP contribution is 2.51. The van der Waals surface area contributed by atoms with Crippen LogP contribution in [0.15, 0.2) is 36.4 Å². The summed E-state index contributed by atoms with van der Waals surface area (Å²) in [7, 11) is 0. The van der Waals surface area contributed by atoms with E-state index < -0.39 is 17.4 Å². The number of hydrogen-bond acceptors (Lipinski definition) is 2. The monoisotopic (exact) mass is 417 g/mol. The molecule has 0 saturated heterocycles. The average Bonchev–Trinajstić information content (AvgIpc) is 3.11. The van der Waals surface area contributed by atoms with Gasteiger partial charge < -0.3 is 10.0 Å². The van der Waals surface area contributed by atoms with Gasteiger partial charge in [0.1, 0.15) is 5.92 Å². The van der Waals surface area contributed by atoms with E-state index in [1.807, 2.05) is 25.1 Å². The molecule has 6 heteroatoms. The smallest absolute Gasteiger partial charge is 0.313 e. The van der Waals surface area contributed by atoms with E-state index in [0.29, 0.717) is 40.6 Å². The molecule has 146 valence electrons. The van der Waals surface area contributed by atoms with Crippen molar-refractivity contribution in [2.45, 2.75) is 50.6 Å². The molecule has 1 aliphatic carbocycles. The van der Waals surface area contributed by atoms with Crippen LogP contribution in [-0.4, -0.2) is 27.4 Å². The Balaban J connectivity index is 1.86. The van der Waals surface area contributed by atoms with E-state index >= 15 is 0 Å². The van der Waals surface area contributed by atoms with Crippen LogP contribution < -0.4 is 0 Å². The molecule has 0 radical (unpaired) electrons. The van der Waals surface area contributed by atoms with E-state index in [2.05, 4.69) is 0 Å². The number of nitrogens with zero attached hydrogens (tertiary/aromatic N) is 1. The summed E-state index contributed by atoms with van der Waals surface area (Å²) in [6.07, 6.45) is 3.20. The van der Waals surface area contributed by atoms with Crippen LogP contribution in [-0.2, 0) is 11.3 Å². The normalized spacial score (nSPS) is 20.5. The third-order valence-corrected chi connectivity index (χ3v) is 6.85. The van der Waals surface area contributed by atoms with E-state index in [0.717, 1.165) is 24.0 Å². The van der Waals surface area contributed by atoms with Crippen molar-refractivity contribution in [2.75, 3.05) is 0 Å². The molecule has 1 saturated carbocycles. The molecule has 2 aromatic rings. The van der Waals surface area contributed by atoms with Gasteiger partial charge in [0.25, 0.3) is 5.91 Å². The molecule has 2 aliphatic rings. The van der Waals surface area contributed by atoms with Crippen molar-refractivity contribution in [2.24, 2.45) is 0 Å². The molecule has 1 heterocycles. The number of halogens is 2. The van der Waals surface area contributed by atoms with Crippen LogP contribution in [0.4, 0.5) is 0 Å². The first-order chi connectivity index (χ1) is 13.3. The number of carbonyl (C=O) groups is 2. The summed E-state index contributed by atoms with van der Waals surface area (Å²) in [5, 5.41) is 11.1. The summed E-state index contributed by atoms with van der Waals surface area (Å²) in [6, 6.07) is 10.8. The second-order valence-corrected chi connectivity index (χ2v) is 8.63. The number of carboxylic acids is 1. The Morgan fingerprint density at radius 1 is 1.14 bits per heavy atom. The molecule has 1 N–H and O–H groups in total. The van der Waals surface area contributed by atoms with Gasteiger partial charge in [0.05, 0.1) is 15.6 Å². The molecule has 0 unspecified atom stereocenters. The molecule has 28 heavy (non-hydrogen) atoms. The van der Waals surface area contributed by atoms with Crippen molar-refractivity contribution in [3.05, 3.63) is 68.7 Å². The Labute approximate surface area is 174 Å². The van der Waals surface area contributed by atoms with Crippen molar-refractivity contribution >= 4 is 35.1 Å². The van der Waals surface area contributed by atoms with Gasteiger partial charge in [0.2, 0.25) is 0 Å². The Bertz CT molecular complexity index is 966. The summed E-state index contributed by atoms with van der Waals surface area (Å²) in [5.41, 5.74) is 2.22. The van der Waals surface area contributed by atoms with Gasteiger partial charge in [0, 0.05) is 12.1 Å². The molecule has 1 fully saturated rings. The number of benzene rings is 2. The zero-order chi connectivity index (χ0) is 20.1. The molecule has 2 aromatic carbocycles. The van der Waals surface area contributed by atoms with Gasteiger partial charge in [-0.05, 0) is 49.1 Å². The van der Waals surface area contributed by atoms with Crippen molar-refractivity contribution < 1.29 is 14.7 Å². The first-order valence-electron chi connectivity index (χ1n) is 9.43. The van der Waals surface area contributed by atoms with Gasteiger partial charge in [-0.2, -0.15) is 0 Å². The minimum Gasteiger partial charge on any atom is -0.481 e. The lowest BCUT2D eigenvalue weighted by atomic mass is 9.71. The van der Waals surface area contributed by atoms with Crippen molar-refractivity contribution in [3.8, 4) is 0 Å². The standard InChI is InChI=1S/C22H21Cl2NO3/c1-13-4-6-15-16(10-13)19(21(27)28)22(8-2-3-9-22)25(20(15)26)12-14-5-7-17(23)18(24)11-14/h4-7,10-11,19H,2-3,8-9,12H2,1H3,(H,27,28)/t19-/m0/s1. The highest BCUT2D eigenvalue weighted by molar-refractivity contribution is 6.42. The Morgan fingerprint density at radius 3 is 2.50 bits per heavy atom. The van der Waals surface area contributed by atoms with Gasteiger partial charge in [-0.3, -0.25) is 9.59 Å². The molecule has 1 spiro atoms. The van der Waals surface area contributed by atoms with Crippen LogP contribution >= 0.6 is 23.2 Å². The minimum atomic E-state index is -0.875. The number of hydrogen-bond donors (Lipinski definition) is 1. The summed E-state index contributed by atoms with van der Waals surface area (Å²) in [6.45, 7) is 2.24. The van der Waals surface area contributed by atoms with Gasteiger partial charge in [0.15, 0.2) is 0 Å². The average molecular weight is 418 g/mol. The fourth-order valence-corrected chi connectivity index (χ4v) is 5.19. The van der Waals surface area contributed by atoms with Crippen LogP contribution in [0.1, 0.15) is 58.6 Å². The van der Waals surface area contributed by atoms with Crippen LogP contribution in [0.25, 0.3) is 0 Å². The van der Waals surface area contributed by atoms with Gasteiger partial charge in [-0.25, -0.2) is 0 Å². The van der Waals surface area contributed by atoms with Crippen LogP contribution in [0.5, 0.6) is 0 Å². The third-order valence-electron chi connectivity index (χ3n) is 6.11. The zero-order valence-electron chi connectivity index (χ0n) is 15.5. The number of fused-ring (bicyclic) bond motifs is 1. The first-order valence-corrected chi connectivity index (χ1v) is 10.2. The lowest BCUT2D eigenvalue weighted by Gasteiger charge is -2.49. The number of amides is 1. The maximum atomic E-state index is 13.5. The minimum absolute atomic E-state index is 0.111. The second-order valence-electron chi connectivity index (χ2n) is 7.81. The number of aliphatic carboxylic acids is 1. The fourth-order valence-electron chi connectivity index (χ4n) is 4.87. The number of carbonyl (C=O) groups excluding carboxylic acids is 1. The predicted molar refractivity (Wildman–Crippen MR) is 109 cm³/mol. The van der Waals surface area contributed by atoms with E-state index in [1.54, 1.807) is 23.1 Å². The van der Waals surface area contributed by atoms with Gasteiger partial charge in [-0.15, -0.1) is 0 Å². The molecule has 0 aromatic heterocycles. The van der Waals surface area contributed by atoms with Crippen LogP contribution in [0, 0.1) is 6.92 Å². The van der Waals surface area contributed by atoms with Crippen LogP contribution in [0.2, 0.25) is 10.0 Å². The van der Waals surface area contributed by atoms with Crippen LogP contribution in [0.3, 0.4) is 0 Å². The highest BCUT2D eigenvalue weighted by Gasteiger charge is 2.55. The molecular formula is C22H21Cl2NO3. The molecular weight excluding hydrogens is 397 g/mol. The van der Waals surface area contributed by atoms with Crippen molar-refractivity contribution in [1.82, 2.24) is 4.90 Å². The summed E-state index contributed by atoms with van der Waals surface area (Å²) >= 11 is 12.2. The third kappa shape index (κ3) is 2.99. The predicted octanol–water partition coefficient (Wildman–Crippen LogP) is 5.44. The first kappa shape index (κ1) is 19.3. The van der Waals surface area contributed by atoms with E-state index in [-0.39, 0.29) is 5.91 Å². The Hall–Kier alpha value is -2.04. The summed E-state index contributed by atoms with van der Waals surface area (Å²) in [5.74, 6) is -1.72. The van der Waals surface area contributed by atoms with E-state index in [9.17, 15) is 14.7 Å². The summed E-state index contributed by atoms with van der Waals surface area (Å²) < 4.78 is 0. The zero-order valence-corrected chi connectivity index (χ0v) is 17.1. The largest absolute Gasteiger partial charge is 0.481 e. The molecule has 1 aliphatic heterocycles. The molecule has 4 rings (SSSR count). The molecule has 4 nitrogen and oxygen atoms in total. The maximum Gasteiger partial charge on any atom is 0.313 e. The lowest BCUT2D eigenvalue weighted by molar-refractivity contribution is -0.143.